The van der Waals surface area contributed by atoms with Gasteiger partial charge in [0.25, 0.3) is 5.91 Å². The fraction of sp³-hybridized carbons (Fsp3) is 0.571. The Morgan fingerprint density at radius 2 is 2.11 bits per heavy atom. The van der Waals surface area contributed by atoms with Crippen molar-refractivity contribution in [2.45, 2.75) is 46.1 Å². The van der Waals surface area contributed by atoms with Crippen LogP contribution in [-0.2, 0) is 0 Å². The molecule has 1 amide bonds. The summed E-state index contributed by atoms with van der Waals surface area (Å²) in [5.41, 5.74) is 2.10. The Morgan fingerprint density at radius 1 is 1.44 bits per heavy atom. The van der Waals surface area contributed by atoms with Gasteiger partial charge in [-0.3, -0.25) is 9.78 Å². The smallest absolute Gasteiger partial charge is 0.255 e. The van der Waals surface area contributed by atoms with Gasteiger partial charge in [-0.2, -0.15) is 0 Å². The average Bonchev–Trinajstić information content (AvgIpc) is 2.27. The highest BCUT2D eigenvalue weighted by molar-refractivity contribution is 5.99. The fourth-order valence-electron chi connectivity index (χ4n) is 2.01. The Morgan fingerprint density at radius 3 is 2.67 bits per heavy atom. The van der Waals surface area contributed by atoms with Crippen LogP contribution in [0.1, 0.15) is 49.7 Å². The molecular formula is C14H23N3O. The lowest BCUT2D eigenvalue weighted by Crippen LogP contribution is -2.43. The van der Waals surface area contributed by atoms with Crippen LogP contribution in [0, 0.1) is 6.92 Å². The summed E-state index contributed by atoms with van der Waals surface area (Å²) >= 11 is 0. The number of nitrogens with one attached hydrogen (secondary N) is 2. The number of amides is 1. The number of rotatable bonds is 5. The highest BCUT2D eigenvalue weighted by Crippen LogP contribution is 2.17. The van der Waals surface area contributed by atoms with E-state index in [-0.39, 0.29) is 11.4 Å². The number of anilines is 1. The van der Waals surface area contributed by atoms with Crippen molar-refractivity contribution >= 4 is 11.6 Å². The van der Waals surface area contributed by atoms with E-state index < -0.39 is 0 Å². The molecule has 0 unspecified atom stereocenters. The van der Waals surface area contributed by atoms with Gasteiger partial charge in [0.05, 0.1) is 11.3 Å². The minimum atomic E-state index is -0.193. The summed E-state index contributed by atoms with van der Waals surface area (Å²) in [6, 6.07) is 1.88. The van der Waals surface area contributed by atoms with Gasteiger partial charge in [0, 0.05) is 24.5 Å². The van der Waals surface area contributed by atoms with Gasteiger partial charge in [0.2, 0.25) is 0 Å². The second-order valence-electron chi connectivity index (χ2n) is 5.21. The summed E-state index contributed by atoms with van der Waals surface area (Å²) in [5.74, 6) is -0.0784. The lowest BCUT2D eigenvalue weighted by molar-refractivity contribution is 0.0909. The van der Waals surface area contributed by atoms with Crippen LogP contribution in [-0.4, -0.2) is 23.5 Å². The van der Waals surface area contributed by atoms with Gasteiger partial charge in [0.15, 0.2) is 0 Å². The van der Waals surface area contributed by atoms with Gasteiger partial charge in [-0.25, -0.2) is 0 Å². The van der Waals surface area contributed by atoms with Gasteiger partial charge >= 0.3 is 0 Å². The van der Waals surface area contributed by atoms with E-state index in [0.29, 0.717) is 5.56 Å². The topological polar surface area (TPSA) is 54.0 Å². The zero-order valence-electron chi connectivity index (χ0n) is 11.9. The highest BCUT2D eigenvalue weighted by Gasteiger charge is 2.21. The molecule has 4 heteroatoms. The molecule has 0 bridgehead atoms. The molecule has 1 aromatic heterocycles. The molecule has 0 aromatic carbocycles. The van der Waals surface area contributed by atoms with E-state index >= 15 is 0 Å². The van der Waals surface area contributed by atoms with Crippen molar-refractivity contribution in [3.8, 4) is 0 Å². The van der Waals surface area contributed by atoms with Gasteiger partial charge in [-0.1, -0.05) is 13.3 Å². The molecule has 0 fully saturated rings. The quantitative estimate of drug-likeness (QED) is 0.843. The molecule has 0 radical (unpaired) electrons. The molecule has 0 saturated heterocycles. The SMILES string of the molecule is CCCC(C)(C)NC(=O)c1cnc(C)cc1NC. The van der Waals surface area contributed by atoms with Gasteiger partial charge in [0.1, 0.15) is 0 Å². The van der Waals surface area contributed by atoms with Crippen LogP contribution in [0.15, 0.2) is 12.3 Å². The van der Waals surface area contributed by atoms with Crippen molar-refractivity contribution < 1.29 is 4.79 Å². The second-order valence-corrected chi connectivity index (χ2v) is 5.21. The minimum absolute atomic E-state index is 0.0784. The molecule has 0 aliphatic carbocycles. The predicted octanol–water partition coefficient (Wildman–Crippen LogP) is 2.74. The summed E-state index contributed by atoms with van der Waals surface area (Å²) in [5, 5.41) is 6.08. The fourth-order valence-corrected chi connectivity index (χ4v) is 2.01. The van der Waals surface area contributed by atoms with E-state index in [1.807, 2.05) is 33.9 Å². The van der Waals surface area contributed by atoms with Crippen LogP contribution in [0.25, 0.3) is 0 Å². The van der Waals surface area contributed by atoms with Crippen molar-refractivity contribution in [3.05, 3.63) is 23.5 Å². The van der Waals surface area contributed by atoms with Crippen LogP contribution in [0.5, 0.6) is 0 Å². The number of aryl methyl sites for hydroxylation is 1. The lowest BCUT2D eigenvalue weighted by Gasteiger charge is -2.26. The largest absolute Gasteiger partial charge is 0.387 e. The molecule has 0 saturated carbocycles. The summed E-state index contributed by atoms with van der Waals surface area (Å²) < 4.78 is 0. The number of carbonyl (C=O) groups excluding carboxylic acids is 1. The third-order valence-corrected chi connectivity index (χ3v) is 2.88. The molecule has 0 aliphatic rings. The zero-order valence-corrected chi connectivity index (χ0v) is 11.9. The number of hydrogen-bond acceptors (Lipinski definition) is 3. The third-order valence-electron chi connectivity index (χ3n) is 2.88. The average molecular weight is 249 g/mol. The van der Waals surface area contributed by atoms with E-state index in [9.17, 15) is 4.79 Å². The summed E-state index contributed by atoms with van der Waals surface area (Å²) in [7, 11) is 1.81. The molecule has 0 spiro atoms. The van der Waals surface area contributed by atoms with E-state index in [4.69, 9.17) is 0 Å². The molecule has 0 aliphatic heterocycles. The maximum Gasteiger partial charge on any atom is 0.255 e. The Kier molecular flexibility index (Phi) is 4.70. The Labute approximate surface area is 109 Å². The molecule has 4 nitrogen and oxygen atoms in total. The maximum atomic E-state index is 12.2. The van der Waals surface area contributed by atoms with Crippen LogP contribution >= 0.6 is 0 Å². The first-order valence-corrected chi connectivity index (χ1v) is 6.36. The first kappa shape index (κ1) is 14.5. The maximum absolute atomic E-state index is 12.2. The van der Waals surface area contributed by atoms with Crippen LogP contribution in [0.3, 0.4) is 0 Å². The summed E-state index contributed by atoms with van der Waals surface area (Å²) in [6.45, 7) is 8.09. The number of pyridine rings is 1. The van der Waals surface area contributed by atoms with E-state index in [2.05, 4.69) is 22.5 Å². The van der Waals surface area contributed by atoms with Crippen molar-refractivity contribution in [1.82, 2.24) is 10.3 Å². The normalized spacial score (nSPS) is 11.2. The summed E-state index contributed by atoms with van der Waals surface area (Å²) in [4.78, 5) is 16.4. The molecule has 0 atom stereocenters. The summed E-state index contributed by atoms with van der Waals surface area (Å²) in [6.07, 6.45) is 3.61. The number of hydrogen-bond donors (Lipinski definition) is 2. The molecule has 1 heterocycles. The van der Waals surface area contributed by atoms with Crippen molar-refractivity contribution in [3.63, 3.8) is 0 Å². The Hall–Kier alpha value is -1.58. The van der Waals surface area contributed by atoms with Crippen LogP contribution < -0.4 is 10.6 Å². The number of carbonyl (C=O) groups is 1. The van der Waals surface area contributed by atoms with Crippen LogP contribution in [0.4, 0.5) is 5.69 Å². The Balaban J connectivity index is 2.91. The van der Waals surface area contributed by atoms with Gasteiger partial charge < -0.3 is 10.6 Å². The van der Waals surface area contributed by atoms with E-state index in [1.165, 1.54) is 0 Å². The highest BCUT2D eigenvalue weighted by atomic mass is 16.1. The first-order chi connectivity index (χ1) is 8.39. The molecule has 18 heavy (non-hydrogen) atoms. The standard InChI is InChI=1S/C14H23N3O/c1-6-7-14(3,4)17-13(18)11-9-16-10(2)8-12(11)15-5/h8-9H,6-7H2,1-5H3,(H,15,16)(H,17,18). The van der Waals surface area contributed by atoms with Gasteiger partial charge in [-0.15, -0.1) is 0 Å². The molecule has 2 N–H and O–H groups in total. The molecule has 100 valence electrons. The van der Waals surface area contributed by atoms with E-state index in [0.717, 1.165) is 24.2 Å². The lowest BCUT2D eigenvalue weighted by atomic mass is 9.98. The molecule has 1 aromatic rings. The minimum Gasteiger partial charge on any atom is -0.387 e. The van der Waals surface area contributed by atoms with Crippen molar-refractivity contribution in [2.24, 2.45) is 0 Å². The monoisotopic (exact) mass is 249 g/mol. The van der Waals surface area contributed by atoms with Crippen LogP contribution in [0.2, 0.25) is 0 Å². The number of aromatic nitrogens is 1. The number of nitrogens with zero attached hydrogens (tertiary/aromatic N) is 1. The second kappa shape index (κ2) is 5.85. The Bertz CT molecular complexity index is 427. The van der Waals surface area contributed by atoms with Crippen molar-refractivity contribution in [2.75, 3.05) is 12.4 Å². The van der Waals surface area contributed by atoms with Crippen molar-refractivity contribution in [1.29, 1.82) is 0 Å². The van der Waals surface area contributed by atoms with Gasteiger partial charge in [-0.05, 0) is 33.3 Å². The molecule has 1 rings (SSSR count). The first-order valence-electron chi connectivity index (χ1n) is 6.36. The predicted molar refractivity (Wildman–Crippen MR) is 75.0 cm³/mol. The zero-order chi connectivity index (χ0) is 13.8. The molecular weight excluding hydrogens is 226 g/mol. The van der Waals surface area contributed by atoms with E-state index in [1.54, 1.807) is 6.20 Å². The third kappa shape index (κ3) is 3.72.